The number of hydrogen-bond acceptors (Lipinski definition) is 5. The van der Waals surface area contributed by atoms with Gasteiger partial charge in [0.1, 0.15) is 0 Å². The van der Waals surface area contributed by atoms with Crippen LogP contribution in [0.2, 0.25) is 0 Å². The Morgan fingerprint density at radius 2 is 1.66 bits per heavy atom. The monoisotopic (exact) mass is 432 g/mol. The van der Waals surface area contributed by atoms with Crippen molar-refractivity contribution in [3.05, 3.63) is 71.3 Å². The van der Waals surface area contributed by atoms with Crippen LogP contribution < -0.4 is 9.47 Å². The zero-order chi connectivity index (χ0) is 23.0. The van der Waals surface area contributed by atoms with E-state index in [0.29, 0.717) is 23.5 Å². The fourth-order valence-corrected chi connectivity index (χ4v) is 4.68. The van der Waals surface area contributed by atoms with Crippen LogP contribution in [0.3, 0.4) is 0 Å². The van der Waals surface area contributed by atoms with Gasteiger partial charge in [0.25, 0.3) is 11.8 Å². The average molecular weight is 433 g/mol. The third-order valence-electron chi connectivity index (χ3n) is 6.45. The molecule has 3 aromatic carbocycles. The lowest BCUT2D eigenvalue weighted by Crippen LogP contribution is -2.49. The summed E-state index contributed by atoms with van der Waals surface area (Å²) in [5.74, 6) is 0.0598. The second-order valence-corrected chi connectivity index (χ2v) is 8.00. The summed E-state index contributed by atoms with van der Waals surface area (Å²) in [6, 6.07) is 17.8. The first-order valence-electron chi connectivity index (χ1n) is 10.8. The number of benzene rings is 3. The molecule has 2 unspecified atom stereocenters. The van der Waals surface area contributed by atoms with Crippen LogP contribution in [0.5, 0.6) is 11.5 Å². The summed E-state index contributed by atoms with van der Waals surface area (Å²) in [6.45, 7) is 4.09. The number of hydrogen-bond donors (Lipinski definition) is 0. The van der Waals surface area contributed by atoms with Crippen molar-refractivity contribution in [1.82, 2.24) is 9.80 Å². The van der Waals surface area contributed by atoms with Gasteiger partial charge in [0, 0.05) is 6.04 Å². The highest BCUT2D eigenvalue weighted by Gasteiger charge is 2.44. The summed E-state index contributed by atoms with van der Waals surface area (Å²) in [6.07, 6.45) is 0.184. The Morgan fingerprint density at radius 3 is 2.34 bits per heavy atom. The molecule has 2 amide bonds. The van der Waals surface area contributed by atoms with Gasteiger partial charge >= 0.3 is 0 Å². The molecule has 0 aliphatic carbocycles. The van der Waals surface area contributed by atoms with E-state index in [1.165, 1.54) is 19.1 Å². The van der Waals surface area contributed by atoms with Gasteiger partial charge in [-0.3, -0.25) is 19.4 Å². The Balaban J connectivity index is 1.72. The van der Waals surface area contributed by atoms with Gasteiger partial charge in [-0.15, -0.1) is 0 Å². The van der Waals surface area contributed by atoms with Crippen LogP contribution >= 0.6 is 0 Å². The molecular weight excluding hydrogens is 404 g/mol. The van der Waals surface area contributed by atoms with Gasteiger partial charge in [0.05, 0.1) is 31.5 Å². The molecule has 1 aliphatic heterocycles. The molecule has 0 fully saturated rings. The lowest BCUT2D eigenvalue weighted by Gasteiger charge is -2.37. The van der Waals surface area contributed by atoms with Gasteiger partial charge in [-0.25, -0.2) is 0 Å². The number of imide groups is 1. The topological polar surface area (TPSA) is 59.1 Å². The number of ether oxygens (including phenoxy) is 2. The number of methoxy groups -OCH3 is 2. The molecular formula is C26H28N2O4. The summed E-state index contributed by atoms with van der Waals surface area (Å²) >= 11 is 0. The molecule has 4 rings (SSSR count). The van der Waals surface area contributed by atoms with E-state index in [-0.39, 0.29) is 23.4 Å². The lowest BCUT2D eigenvalue weighted by atomic mass is 9.98. The summed E-state index contributed by atoms with van der Waals surface area (Å²) < 4.78 is 10.8. The number of fused-ring (bicyclic) bond motifs is 2. The van der Waals surface area contributed by atoms with Gasteiger partial charge in [-0.2, -0.15) is 0 Å². The summed E-state index contributed by atoms with van der Waals surface area (Å²) in [4.78, 5) is 30.3. The van der Waals surface area contributed by atoms with Crippen LogP contribution in [-0.2, 0) is 0 Å². The first kappa shape index (κ1) is 21.8. The molecule has 0 bridgehead atoms. The van der Waals surface area contributed by atoms with E-state index in [4.69, 9.17) is 9.47 Å². The highest BCUT2D eigenvalue weighted by molar-refractivity contribution is 6.23. The maximum absolute atomic E-state index is 13.5. The zero-order valence-electron chi connectivity index (χ0n) is 19.1. The quantitative estimate of drug-likeness (QED) is 0.498. The van der Waals surface area contributed by atoms with E-state index in [9.17, 15) is 9.59 Å². The third kappa shape index (κ3) is 3.31. The largest absolute Gasteiger partial charge is 0.493 e. The molecule has 3 aromatic rings. The average Bonchev–Trinajstić information content (AvgIpc) is 3.08. The molecule has 6 nitrogen and oxygen atoms in total. The van der Waals surface area contributed by atoms with Crippen LogP contribution in [0, 0.1) is 0 Å². The minimum absolute atomic E-state index is 0.0215. The molecule has 2 atom stereocenters. The van der Waals surface area contributed by atoms with Crippen LogP contribution in [0.25, 0.3) is 10.8 Å². The maximum Gasteiger partial charge on any atom is 0.266 e. The van der Waals surface area contributed by atoms with Gasteiger partial charge in [0.2, 0.25) is 0 Å². The van der Waals surface area contributed by atoms with Crippen LogP contribution in [0.15, 0.2) is 54.6 Å². The van der Waals surface area contributed by atoms with Crippen molar-refractivity contribution < 1.29 is 19.1 Å². The molecule has 0 aromatic heterocycles. The van der Waals surface area contributed by atoms with E-state index in [1.807, 2.05) is 32.2 Å². The van der Waals surface area contributed by atoms with E-state index in [2.05, 4.69) is 36.1 Å². The zero-order valence-corrected chi connectivity index (χ0v) is 19.1. The van der Waals surface area contributed by atoms with Crippen LogP contribution in [0.1, 0.15) is 52.6 Å². The van der Waals surface area contributed by atoms with E-state index in [1.54, 1.807) is 12.1 Å². The molecule has 166 valence electrons. The van der Waals surface area contributed by atoms with Crippen molar-refractivity contribution in [2.24, 2.45) is 0 Å². The molecule has 1 aliphatic rings. The lowest BCUT2D eigenvalue weighted by molar-refractivity contribution is 0.0268. The molecule has 0 saturated carbocycles. The highest BCUT2D eigenvalue weighted by atomic mass is 16.5. The fraction of sp³-hybridized carbons (Fsp3) is 0.308. The summed E-state index contributed by atoms with van der Waals surface area (Å²) in [7, 11) is 4.95. The van der Waals surface area contributed by atoms with E-state index >= 15 is 0 Å². The van der Waals surface area contributed by atoms with Gasteiger partial charge in [-0.05, 0) is 48.9 Å². The molecule has 32 heavy (non-hydrogen) atoms. The van der Waals surface area contributed by atoms with Crippen LogP contribution in [-0.4, -0.2) is 49.0 Å². The molecule has 0 radical (unpaired) electrons. The minimum Gasteiger partial charge on any atom is -0.493 e. The van der Waals surface area contributed by atoms with Crippen LogP contribution in [0.4, 0.5) is 0 Å². The first-order chi connectivity index (χ1) is 15.4. The van der Waals surface area contributed by atoms with Crippen molar-refractivity contribution in [3.8, 4) is 11.5 Å². The molecule has 6 heteroatoms. The highest BCUT2D eigenvalue weighted by Crippen LogP contribution is 2.40. The van der Waals surface area contributed by atoms with Crippen molar-refractivity contribution in [1.29, 1.82) is 0 Å². The van der Waals surface area contributed by atoms with Gasteiger partial charge in [0.15, 0.2) is 11.5 Å². The molecule has 0 N–H and O–H groups in total. The molecule has 1 heterocycles. The molecule has 0 spiro atoms. The second kappa shape index (κ2) is 8.63. The summed E-state index contributed by atoms with van der Waals surface area (Å²) in [5, 5.41) is 2.33. The number of carbonyl (C=O) groups is 2. The predicted molar refractivity (Wildman–Crippen MR) is 124 cm³/mol. The standard InChI is InChI=1S/C26H28N2O4/c1-6-22(27(3)16(2)18-13-9-11-17-10-7-8-12-19(17)18)28-25(29)20-14-15-21(31-4)24(32-5)23(20)26(28)30/h7-16,22H,6H2,1-5H3. The Bertz CT molecular complexity index is 1180. The predicted octanol–water partition coefficient (Wildman–Crippen LogP) is 4.88. The molecule has 0 saturated heterocycles. The number of rotatable bonds is 7. The van der Waals surface area contributed by atoms with Gasteiger partial charge < -0.3 is 9.47 Å². The second-order valence-electron chi connectivity index (χ2n) is 8.00. The Labute approximate surface area is 188 Å². The Kier molecular flexibility index (Phi) is 5.89. The van der Waals surface area contributed by atoms with Crippen molar-refractivity contribution in [3.63, 3.8) is 0 Å². The first-order valence-corrected chi connectivity index (χ1v) is 10.8. The third-order valence-corrected chi connectivity index (χ3v) is 6.45. The number of nitrogens with zero attached hydrogens (tertiary/aromatic N) is 2. The fourth-order valence-electron chi connectivity index (χ4n) is 4.68. The minimum atomic E-state index is -0.410. The SMILES string of the molecule is CCC(N1C(=O)c2ccc(OC)c(OC)c2C1=O)N(C)C(C)c1cccc2ccccc12. The number of amides is 2. The van der Waals surface area contributed by atoms with Crippen molar-refractivity contribution >= 4 is 22.6 Å². The summed E-state index contributed by atoms with van der Waals surface area (Å²) in [5.41, 5.74) is 1.76. The van der Waals surface area contributed by atoms with Crippen molar-refractivity contribution in [2.75, 3.05) is 21.3 Å². The maximum atomic E-state index is 13.5. The van der Waals surface area contributed by atoms with Crippen molar-refractivity contribution in [2.45, 2.75) is 32.5 Å². The Morgan fingerprint density at radius 1 is 0.938 bits per heavy atom. The normalized spacial score (nSPS) is 15.2. The smallest absolute Gasteiger partial charge is 0.266 e. The number of carbonyl (C=O) groups excluding carboxylic acids is 2. The van der Waals surface area contributed by atoms with E-state index < -0.39 is 6.17 Å². The Hall–Kier alpha value is -3.38. The van der Waals surface area contributed by atoms with E-state index in [0.717, 1.165) is 16.3 Å². The van der Waals surface area contributed by atoms with Gasteiger partial charge in [-0.1, -0.05) is 49.4 Å².